The largest absolute Gasteiger partial charge is 0.329 e. The summed E-state index contributed by atoms with van der Waals surface area (Å²) in [5, 5.41) is 0. The summed E-state index contributed by atoms with van der Waals surface area (Å²) in [5.41, 5.74) is 10.5. The van der Waals surface area contributed by atoms with Crippen LogP contribution < -0.4 is 5.73 Å². The Bertz CT molecular complexity index is 610. The first kappa shape index (κ1) is 15.7. The van der Waals surface area contributed by atoms with Crippen molar-refractivity contribution in [1.29, 1.82) is 0 Å². The smallest absolute Gasteiger partial charge is 0.123 e. The second kappa shape index (κ2) is 6.83. The minimum absolute atomic E-state index is 0.0142. The molecule has 2 rings (SSSR count). The third-order valence-electron chi connectivity index (χ3n) is 4.04. The molecule has 0 aliphatic rings. The average molecular weight is 286 g/mol. The Labute approximate surface area is 126 Å². The van der Waals surface area contributed by atoms with Gasteiger partial charge in [0.25, 0.3) is 0 Å². The predicted octanol–water partition coefficient (Wildman–Crippen LogP) is 3.57. The lowest BCUT2D eigenvalue weighted by molar-refractivity contribution is 0.240. The van der Waals surface area contributed by atoms with Crippen molar-refractivity contribution in [2.45, 2.75) is 26.4 Å². The van der Waals surface area contributed by atoms with Crippen molar-refractivity contribution in [2.24, 2.45) is 5.73 Å². The van der Waals surface area contributed by atoms with Crippen molar-refractivity contribution in [3.05, 3.63) is 70.5 Å². The number of hydrogen-bond acceptors (Lipinski definition) is 2. The normalized spacial score (nSPS) is 12.7. The number of nitrogens with zero attached hydrogens (tertiary/aromatic N) is 1. The molecule has 0 aromatic heterocycles. The lowest BCUT2D eigenvalue weighted by Crippen LogP contribution is -2.31. The van der Waals surface area contributed by atoms with Gasteiger partial charge < -0.3 is 5.73 Å². The molecule has 1 atom stereocenters. The van der Waals surface area contributed by atoms with Crippen LogP contribution in [0.5, 0.6) is 0 Å². The zero-order valence-electron chi connectivity index (χ0n) is 12.9. The molecule has 0 amide bonds. The Kier molecular flexibility index (Phi) is 5.10. The van der Waals surface area contributed by atoms with E-state index in [0.29, 0.717) is 6.54 Å². The van der Waals surface area contributed by atoms with Gasteiger partial charge in [-0.05, 0) is 55.3 Å². The van der Waals surface area contributed by atoms with E-state index in [1.54, 1.807) is 6.07 Å². The molecule has 3 heteroatoms. The second-order valence-corrected chi connectivity index (χ2v) is 5.59. The van der Waals surface area contributed by atoms with Crippen LogP contribution in [0.15, 0.2) is 42.5 Å². The molecule has 1 unspecified atom stereocenters. The van der Waals surface area contributed by atoms with Crippen LogP contribution in [0.25, 0.3) is 0 Å². The van der Waals surface area contributed by atoms with Crippen LogP contribution in [0.1, 0.15) is 28.3 Å². The van der Waals surface area contributed by atoms with Crippen LogP contribution in [-0.2, 0) is 6.54 Å². The van der Waals surface area contributed by atoms with E-state index in [1.807, 2.05) is 32.2 Å². The summed E-state index contributed by atoms with van der Waals surface area (Å²) in [6.07, 6.45) is 0. The van der Waals surface area contributed by atoms with Crippen LogP contribution >= 0.6 is 0 Å². The Morgan fingerprint density at radius 1 is 1.10 bits per heavy atom. The summed E-state index contributed by atoms with van der Waals surface area (Å²) in [6.45, 7) is 5.37. The Morgan fingerprint density at radius 3 is 2.48 bits per heavy atom. The van der Waals surface area contributed by atoms with Gasteiger partial charge in [-0.3, -0.25) is 4.90 Å². The van der Waals surface area contributed by atoms with E-state index in [9.17, 15) is 4.39 Å². The van der Waals surface area contributed by atoms with Gasteiger partial charge in [0, 0.05) is 19.1 Å². The van der Waals surface area contributed by atoms with Crippen molar-refractivity contribution >= 4 is 0 Å². The lowest BCUT2D eigenvalue weighted by atomic mass is 9.99. The summed E-state index contributed by atoms with van der Waals surface area (Å²) >= 11 is 0. The van der Waals surface area contributed by atoms with Crippen molar-refractivity contribution in [3.63, 3.8) is 0 Å². The van der Waals surface area contributed by atoms with Gasteiger partial charge in [-0.1, -0.05) is 30.3 Å². The molecule has 0 radical (unpaired) electrons. The first-order chi connectivity index (χ1) is 10.0. The molecule has 0 spiro atoms. The SMILES string of the molecule is Cc1ccccc1CN(C)C(CN)c1cc(F)ccc1C. The Morgan fingerprint density at radius 2 is 1.81 bits per heavy atom. The Hall–Kier alpha value is -1.71. The molecule has 0 aliphatic carbocycles. The topological polar surface area (TPSA) is 29.3 Å². The van der Waals surface area contributed by atoms with Gasteiger partial charge in [0.1, 0.15) is 5.82 Å². The third-order valence-corrected chi connectivity index (χ3v) is 4.04. The van der Waals surface area contributed by atoms with E-state index < -0.39 is 0 Å². The van der Waals surface area contributed by atoms with Crippen LogP contribution in [0, 0.1) is 19.7 Å². The van der Waals surface area contributed by atoms with Gasteiger partial charge in [-0.2, -0.15) is 0 Å². The predicted molar refractivity (Wildman–Crippen MR) is 85.6 cm³/mol. The van der Waals surface area contributed by atoms with E-state index in [0.717, 1.165) is 17.7 Å². The van der Waals surface area contributed by atoms with Gasteiger partial charge in [-0.15, -0.1) is 0 Å². The number of aryl methyl sites for hydroxylation is 2. The molecule has 21 heavy (non-hydrogen) atoms. The summed E-state index contributed by atoms with van der Waals surface area (Å²) in [7, 11) is 2.04. The molecular weight excluding hydrogens is 263 g/mol. The van der Waals surface area contributed by atoms with Crippen LogP contribution in [-0.4, -0.2) is 18.5 Å². The van der Waals surface area contributed by atoms with Crippen LogP contribution in [0.4, 0.5) is 4.39 Å². The summed E-state index contributed by atoms with van der Waals surface area (Å²) in [5.74, 6) is -0.210. The van der Waals surface area contributed by atoms with E-state index in [4.69, 9.17) is 5.73 Å². The molecule has 112 valence electrons. The van der Waals surface area contributed by atoms with Gasteiger partial charge in [0.15, 0.2) is 0 Å². The molecule has 0 fully saturated rings. The van der Waals surface area contributed by atoms with Gasteiger partial charge >= 0.3 is 0 Å². The molecule has 2 nitrogen and oxygen atoms in total. The molecule has 0 saturated carbocycles. The van der Waals surface area contributed by atoms with Gasteiger partial charge in [-0.25, -0.2) is 4.39 Å². The zero-order valence-corrected chi connectivity index (χ0v) is 12.9. The van der Waals surface area contributed by atoms with Crippen molar-refractivity contribution in [3.8, 4) is 0 Å². The number of benzene rings is 2. The van der Waals surface area contributed by atoms with Gasteiger partial charge in [0.05, 0.1) is 0 Å². The first-order valence-electron chi connectivity index (χ1n) is 7.23. The molecule has 0 heterocycles. The number of rotatable bonds is 5. The van der Waals surface area contributed by atoms with E-state index in [2.05, 4.69) is 24.0 Å². The molecular formula is C18H23FN2. The van der Waals surface area contributed by atoms with Gasteiger partial charge in [0.2, 0.25) is 0 Å². The Balaban J connectivity index is 2.25. The summed E-state index contributed by atoms with van der Waals surface area (Å²) in [6, 6.07) is 13.2. The first-order valence-corrected chi connectivity index (χ1v) is 7.23. The molecule has 2 aromatic rings. The quantitative estimate of drug-likeness (QED) is 0.910. The van der Waals surface area contributed by atoms with E-state index in [-0.39, 0.29) is 11.9 Å². The molecule has 2 N–H and O–H groups in total. The van der Waals surface area contributed by atoms with E-state index >= 15 is 0 Å². The van der Waals surface area contributed by atoms with Crippen molar-refractivity contribution in [2.75, 3.05) is 13.6 Å². The maximum absolute atomic E-state index is 13.5. The van der Waals surface area contributed by atoms with Crippen LogP contribution in [0.3, 0.4) is 0 Å². The standard InChI is InChI=1S/C18H23FN2/c1-13-6-4-5-7-15(13)12-21(3)18(11-20)17-10-16(19)9-8-14(17)2/h4-10,18H,11-12,20H2,1-3H3. The fourth-order valence-electron chi connectivity index (χ4n) is 2.68. The monoisotopic (exact) mass is 286 g/mol. The maximum atomic E-state index is 13.5. The zero-order chi connectivity index (χ0) is 15.4. The molecule has 2 aromatic carbocycles. The molecule has 0 aliphatic heterocycles. The highest BCUT2D eigenvalue weighted by Crippen LogP contribution is 2.25. The summed E-state index contributed by atoms with van der Waals surface area (Å²) < 4.78 is 13.5. The fraction of sp³-hybridized carbons (Fsp3) is 0.333. The lowest BCUT2D eigenvalue weighted by Gasteiger charge is -2.29. The van der Waals surface area contributed by atoms with Crippen molar-refractivity contribution < 1.29 is 4.39 Å². The average Bonchev–Trinajstić information content (AvgIpc) is 2.46. The second-order valence-electron chi connectivity index (χ2n) is 5.59. The molecule has 0 bridgehead atoms. The highest BCUT2D eigenvalue weighted by molar-refractivity contribution is 5.31. The fourth-order valence-corrected chi connectivity index (χ4v) is 2.68. The summed E-state index contributed by atoms with van der Waals surface area (Å²) in [4.78, 5) is 2.18. The minimum Gasteiger partial charge on any atom is -0.329 e. The number of halogens is 1. The number of hydrogen-bond donors (Lipinski definition) is 1. The maximum Gasteiger partial charge on any atom is 0.123 e. The number of likely N-dealkylation sites (N-methyl/N-ethyl adjacent to an activating group) is 1. The third kappa shape index (κ3) is 3.69. The minimum atomic E-state index is -0.210. The van der Waals surface area contributed by atoms with Crippen molar-refractivity contribution in [1.82, 2.24) is 4.90 Å². The highest BCUT2D eigenvalue weighted by Gasteiger charge is 2.18. The number of nitrogens with two attached hydrogens (primary N) is 1. The van der Waals surface area contributed by atoms with Crippen LogP contribution in [0.2, 0.25) is 0 Å². The highest BCUT2D eigenvalue weighted by atomic mass is 19.1. The van der Waals surface area contributed by atoms with E-state index in [1.165, 1.54) is 17.2 Å². The molecule has 0 saturated heterocycles.